The molecule has 0 aromatic carbocycles. The summed E-state index contributed by atoms with van der Waals surface area (Å²) in [7, 11) is 0. The molecule has 21 heavy (non-hydrogen) atoms. The van der Waals surface area contributed by atoms with Crippen molar-refractivity contribution in [3.8, 4) is 0 Å². The third-order valence-corrected chi connectivity index (χ3v) is 5.72. The third-order valence-electron chi connectivity index (χ3n) is 5.72. The van der Waals surface area contributed by atoms with Crippen LogP contribution in [0.15, 0.2) is 18.3 Å². The van der Waals surface area contributed by atoms with Crippen molar-refractivity contribution in [2.24, 2.45) is 11.8 Å². The Morgan fingerprint density at radius 1 is 1.24 bits per heavy atom. The Labute approximate surface area is 129 Å². The van der Waals surface area contributed by atoms with Gasteiger partial charge in [0.1, 0.15) is 0 Å². The lowest BCUT2D eigenvalue weighted by atomic mass is 9.72. The molecule has 2 heteroatoms. The molecular weight excluding hydrogens is 258 g/mol. The van der Waals surface area contributed by atoms with Crippen LogP contribution in [0.5, 0.6) is 0 Å². The molecule has 1 heterocycles. The average molecular weight is 287 g/mol. The lowest BCUT2D eigenvalue weighted by Gasteiger charge is -2.37. The van der Waals surface area contributed by atoms with Crippen LogP contribution < -0.4 is 0 Å². The first kappa shape index (κ1) is 15.0. The molecular formula is C19H29NO. The molecule has 0 amide bonds. The Balaban J connectivity index is 1.65. The molecule has 0 bridgehead atoms. The first-order valence-electron chi connectivity index (χ1n) is 8.91. The molecule has 1 aromatic heterocycles. The number of aliphatic hydroxyl groups excluding tert-OH is 1. The summed E-state index contributed by atoms with van der Waals surface area (Å²) in [6.07, 6.45) is 12.9. The van der Waals surface area contributed by atoms with Crippen LogP contribution in [0, 0.1) is 11.8 Å². The number of aryl methyl sites for hydroxylation is 1. The smallest absolute Gasteiger partial charge is 0.0652 e. The SMILES string of the molecule is CCCC1CCC(C(O)C2CCCc3cccnc32)CC1. The van der Waals surface area contributed by atoms with Gasteiger partial charge in [0.05, 0.1) is 6.10 Å². The monoisotopic (exact) mass is 287 g/mol. The molecule has 2 aliphatic rings. The predicted octanol–water partition coefficient (Wildman–Crippen LogP) is 4.47. The Kier molecular flexibility index (Phi) is 4.95. The van der Waals surface area contributed by atoms with Gasteiger partial charge in [0, 0.05) is 17.8 Å². The molecule has 1 saturated carbocycles. The zero-order valence-electron chi connectivity index (χ0n) is 13.3. The second-order valence-corrected chi connectivity index (χ2v) is 7.11. The quantitative estimate of drug-likeness (QED) is 0.886. The highest BCUT2D eigenvalue weighted by Crippen LogP contribution is 2.40. The maximum atomic E-state index is 10.9. The topological polar surface area (TPSA) is 33.1 Å². The molecule has 0 aliphatic heterocycles. The van der Waals surface area contributed by atoms with Crippen molar-refractivity contribution in [3.63, 3.8) is 0 Å². The number of hydrogen-bond donors (Lipinski definition) is 1. The van der Waals surface area contributed by atoms with Gasteiger partial charge in [0.15, 0.2) is 0 Å². The number of rotatable bonds is 4. The highest BCUT2D eigenvalue weighted by molar-refractivity contribution is 5.27. The lowest BCUT2D eigenvalue weighted by molar-refractivity contribution is 0.0442. The van der Waals surface area contributed by atoms with Crippen molar-refractivity contribution in [3.05, 3.63) is 29.6 Å². The van der Waals surface area contributed by atoms with Crippen molar-refractivity contribution in [1.82, 2.24) is 4.98 Å². The van der Waals surface area contributed by atoms with E-state index in [1.54, 1.807) is 0 Å². The van der Waals surface area contributed by atoms with E-state index in [4.69, 9.17) is 0 Å². The number of fused-ring (bicyclic) bond motifs is 1. The van der Waals surface area contributed by atoms with Crippen molar-refractivity contribution < 1.29 is 5.11 Å². The van der Waals surface area contributed by atoms with Crippen LogP contribution in [0.2, 0.25) is 0 Å². The molecule has 2 aliphatic carbocycles. The molecule has 3 rings (SSSR count). The van der Waals surface area contributed by atoms with Gasteiger partial charge >= 0.3 is 0 Å². The summed E-state index contributed by atoms with van der Waals surface area (Å²) >= 11 is 0. The van der Waals surface area contributed by atoms with E-state index in [1.807, 2.05) is 12.3 Å². The van der Waals surface area contributed by atoms with Gasteiger partial charge in [-0.2, -0.15) is 0 Å². The number of pyridine rings is 1. The minimum Gasteiger partial charge on any atom is -0.392 e. The van der Waals surface area contributed by atoms with E-state index in [0.29, 0.717) is 5.92 Å². The van der Waals surface area contributed by atoms with Gasteiger partial charge in [-0.3, -0.25) is 4.98 Å². The first-order valence-corrected chi connectivity index (χ1v) is 8.91. The summed E-state index contributed by atoms with van der Waals surface area (Å²) in [5.41, 5.74) is 2.56. The summed E-state index contributed by atoms with van der Waals surface area (Å²) in [6.45, 7) is 2.28. The van der Waals surface area contributed by atoms with E-state index in [2.05, 4.69) is 18.0 Å². The van der Waals surface area contributed by atoms with Crippen LogP contribution >= 0.6 is 0 Å². The summed E-state index contributed by atoms with van der Waals surface area (Å²) in [6, 6.07) is 4.23. The number of hydrogen-bond acceptors (Lipinski definition) is 2. The normalized spacial score (nSPS) is 30.7. The van der Waals surface area contributed by atoms with Crippen LogP contribution in [0.3, 0.4) is 0 Å². The summed E-state index contributed by atoms with van der Waals surface area (Å²) in [4.78, 5) is 4.60. The molecule has 1 fully saturated rings. The van der Waals surface area contributed by atoms with E-state index in [-0.39, 0.29) is 12.0 Å². The molecule has 2 atom stereocenters. The van der Waals surface area contributed by atoms with E-state index in [1.165, 1.54) is 56.2 Å². The van der Waals surface area contributed by atoms with Crippen LogP contribution in [0.25, 0.3) is 0 Å². The standard InChI is InChI=1S/C19H29NO/c1-2-5-14-9-11-16(12-10-14)19(21)17-8-3-6-15-7-4-13-20-18(15)17/h4,7,13-14,16-17,19,21H,2-3,5-6,8-12H2,1H3. The summed E-state index contributed by atoms with van der Waals surface area (Å²) in [5, 5.41) is 10.9. The van der Waals surface area contributed by atoms with Gasteiger partial charge in [-0.25, -0.2) is 0 Å². The van der Waals surface area contributed by atoms with E-state index < -0.39 is 0 Å². The third kappa shape index (κ3) is 3.31. The lowest BCUT2D eigenvalue weighted by Crippen LogP contribution is -2.33. The van der Waals surface area contributed by atoms with Gasteiger partial charge in [-0.1, -0.05) is 38.7 Å². The van der Waals surface area contributed by atoms with Crippen LogP contribution in [-0.2, 0) is 6.42 Å². The fraction of sp³-hybridized carbons (Fsp3) is 0.737. The summed E-state index contributed by atoms with van der Waals surface area (Å²) < 4.78 is 0. The highest BCUT2D eigenvalue weighted by atomic mass is 16.3. The van der Waals surface area contributed by atoms with Crippen molar-refractivity contribution >= 4 is 0 Å². The molecule has 116 valence electrons. The molecule has 2 nitrogen and oxygen atoms in total. The fourth-order valence-electron chi connectivity index (χ4n) is 4.53. The Morgan fingerprint density at radius 3 is 2.81 bits per heavy atom. The van der Waals surface area contributed by atoms with Gasteiger partial charge in [0.25, 0.3) is 0 Å². The van der Waals surface area contributed by atoms with Gasteiger partial charge in [0.2, 0.25) is 0 Å². The molecule has 0 spiro atoms. The number of aromatic nitrogens is 1. The van der Waals surface area contributed by atoms with Gasteiger partial charge < -0.3 is 5.11 Å². The average Bonchev–Trinajstić information content (AvgIpc) is 2.55. The first-order chi connectivity index (χ1) is 10.3. The molecule has 2 unspecified atom stereocenters. The van der Waals surface area contributed by atoms with Crippen molar-refractivity contribution in [2.75, 3.05) is 0 Å². The molecule has 1 N–H and O–H groups in total. The maximum absolute atomic E-state index is 10.9. The van der Waals surface area contributed by atoms with Crippen molar-refractivity contribution in [1.29, 1.82) is 0 Å². The fourth-order valence-corrected chi connectivity index (χ4v) is 4.53. The summed E-state index contributed by atoms with van der Waals surface area (Å²) in [5.74, 6) is 1.69. The molecule has 1 aromatic rings. The number of aliphatic hydroxyl groups is 1. The molecule has 0 saturated heterocycles. The van der Waals surface area contributed by atoms with Crippen LogP contribution in [0.1, 0.15) is 75.5 Å². The van der Waals surface area contributed by atoms with Crippen molar-refractivity contribution in [2.45, 2.75) is 76.7 Å². The maximum Gasteiger partial charge on any atom is 0.0652 e. The van der Waals surface area contributed by atoms with E-state index >= 15 is 0 Å². The largest absolute Gasteiger partial charge is 0.392 e. The van der Waals surface area contributed by atoms with E-state index in [0.717, 1.165) is 18.8 Å². The molecule has 0 radical (unpaired) electrons. The minimum atomic E-state index is -0.179. The van der Waals surface area contributed by atoms with E-state index in [9.17, 15) is 5.11 Å². The predicted molar refractivity (Wildman–Crippen MR) is 86.3 cm³/mol. The highest BCUT2D eigenvalue weighted by Gasteiger charge is 2.34. The zero-order valence-corrected chi connectivity index (χ0v) is 13.3. The Bertz CT molecular complexity index is 451. The zero-order chi connectivity index (χ0) is 14.7. The minimum absolute atomic E-state index is 0.179. The Hall–Kier alpha value is -0.890. The Morgan fingerprint density at radius 2 is 2.05 bits per heavy atom. The van der Waals surface area contributed by atoms with Gasteiger partial charge in [-0.15, -0.1) is 0 Å². The number of nitrogens with zero attached hydrogens (tertiary/aromatic N) is 1. The van der Waals surface area contributed by atoms with Crippen LogP contribution in [-0.4, -0.2) is 16.2 Å². The van der Waals surface area contributed by atoms with Gasteiger partial charge in [-0.05, 0) is 55.6 Å². The second-order valence-electron chi connectivity index (χ2n) is 7.11. The second kappa shape index (κ2) is 6.91. The van der Waals surface area contributed by atoms with Crippen LogP contribution in [0.4, 0.5) is 0 Å².